The number of fused-ring (bicyclic) bond motifs is 5. The van der Waals surface area contributed by atoms with Crippen molar-refractivity contribution in [2.45, 2.75) is 27.2 Å². The van der Waals surface area contributed by atoms with Gasteiger partial charge in [-0.2, -0.15) is 0 Å². The fourth-order valence-corrected chi connectivity index (χ4v) is 7.37. The van der Waals surface area contributed by atoms with E-state index in [0.29, 0.717) is 17.7 Å². The van der Waals surface area contributed by atoms with Crippen LogP contribution in [0.2, 0.25) is 0 Å². The van der Waals surface area contributed by atoms with Crippen molar-refractivity contribution < 1.29 is 19.3 Å². The molecule has 3 aromatic carbocycles. The molecule has 3 aliphatic rings. The minimum Gasteiger partial charge on any atom is -0.298 e. The molecule has 1 heterocycles. The smallest absolute Gasteiger partial charge is 0.269 e. The van der Waals surface area contributed by atoms with E-state index in [2.05, 4.69) is 0 Å². The molecule has 7 heteroatoms. The molecule has 2 aliphatic carbocycles. The Kier molecular flexibility index (Phi) is 5.08. The van der Waals surface area contributed by atoms with E-state index in [1.54, 1.807) is 6.92 Å². The molecule has 1 saturated heterocycles. The zero-order valence-corrected chi connectivity index (χ0v) is 21.3. The Morgan fingerprint density at radius 1 is 0.842 bits per heavy atom. The van der Waals surface area contributed by atoms with E-state index in [-0.39, 0.29) is 11.5 Å². The Balaban J connectivity index is 1.61. The maximum atomic E-state index is 14.5. The van der Waals surface area contributed by atoms with Crippen molar-refractivity contribution in [2.75, 3.05) is 4.90 Å². The van der Waals surface area contributed by atoms with Gasteiger partial charge in [0.2, 0.25) is 11.8 Å². The number of anilines is 1. The third-order valence-corrected chi connectivity index (χ3v) is 8.87. The van der Waals surface area contributed by atoms with E-state index in [1.165, 1.54) is 23.1 Å². The Hall–Kier alpha value is -4.39. The van der Waals surface area contributed by atoms with E-state index in [4.69, 9.17) is 0 Å². The van der Waals surface area contributed by atoms with Gasteiger partial charge in [-0.1, -0.05) is 67.6 Å². The number of ketones is 1. The second-order valence-electron chi connectivity index (χ2n) is 10.5. The van der Waals surface area contributed by atoms with Gasteiger partial charge in [0.05, 0.1) is 33.3 Å². The first-order valence-corrected chi connectivity index (χ1v) is 12.7. The molecule has 0 radical (unpaired) electrons. The lowest BCUT2D eigenvalue weighted by Gasteiger charge is -2.37. The Labute approximate surface area is 219 Å². The van der Waals surface area contributed by atoms with Gasteiger partial charge in [0.25, 0.3) is 5.69 Å². The van der Waals surface area contributed by atoms with E-state index >= 15 is 0 Å². The molecular formula is C31H26N2O5. The molecule has 190 valence electrons. The molecule has 2 amide bonds. The minimum absolute atomic E-state index is 0.0815. The standard InChI is InChI=1S/C31H26N2O5/c1-4-31-24(20-13-9-6-10-14-20)23(19-11-7-5-8-12-19)30(3,29(31)36)25-26(31)28(35)32(27(25)34)22-16-15-21(33(37)38)17-18(22)2/h5-17,25-26H,4H2,1-3H3/t25-,26+,30-,31+/m0/s1. The number of nitrogens with zero attached hydrogens (tertiary/aromatic N) is 2. The minimum atomic E-state index is -1.20. The van der Waals surface area contributed by atoms with Crippen LogP contribution in [0.1, 0.15) is 37.0 Å². The van der Waals surface area contributed by atoms with E-state index < -0.39 is 39.4 Å². The lowest BCUT2D eigenvalue weighted by atomic mass is 9.62. The van der Waals surface area contributed by atoms with E-state index in [9.17, 15) is 24.5 Å². The first-order valence-electron chi connectivity index (χ1n) is 12.7. The molecule has 38 heavy (non-hydrogen) atoms. The molecule has 7 nitrogen and oxygen atoms in total. The summed E-state index contributed by atoms with van der Waals surface area (Å²) in [5.41, 5.74) is 1.65. The summed E-state index contributed by atoms with van der Waals surface area (Å²) in [5, 5.41) is 11.3. The molecule has 0 spiro atoms. The molecule has 0 N–H and O–H groups in total. The highest BCUT2D eigenvalue weighted by Gasteiger charge is 2.79. The van der Waals surface area contributed by atoms with Crippen molar-refractivity contribution in [1.82, 2.24) is 0 Å². The number of imide groups is 1. The summed E-state index contributed by atoms with van der Waals surface area (Å²) in [5.74, 6) is -2.64. The number of hydrogen-bond acceptors (Lipinski definition) is 5. The number of aryl methyl sites for hydroxylation is 1. The number of amides is 2. The van der Waals surface area contributed by atoms with Crippen LogP contribution in [-0.2, 0) is 14.4 Å². The van der Waals surface area contributed by atoms with Gasteiger partial charge in [-0.15, -0.1) is 0 Å². The lowest BCUT2D eigenvalue weighted by Crippen LogP contribution is -2.41. The van der Waals surface area contributed by atoms with Crippen LogP contribution >= 0.6 is 0 Å². The SMILES string of the molecule is CC[C@@]12C(=O)[C@@](C)(C(c3ccccc3)=C1c1ccccc1)[C@@H]1C(=O)N(c3ccc([N+](=O)[O-])cc3C)C(=O)[C@@H]12. The predicted molar refractivity (Wildman–Crippen MR) is 143 cm³/mol. The monoisotopic (exact) mass is 506 g/mol. The number of rotatable bonds is 5. The van der Waals surface area contributed by atoms with E-state index in [1.807, 2.05) is 74.5 Å². The molecule has 2 fully saturated rings. The summed E-state index contributed by atoms with van der Waals surface area (Å²) < 4.78 is 0. The number of allylic oxidation sites excluding steroid dienone is 2. The van der Waals surface area contributed by atoms with Gasteiger partial charge in [0.1, 0.15) is 0 Å². The van der Waals surface area contributed by atoms with Crippen molar-refractivity contribution in [1.29, 1.82) is 0 Å². The highest BCUT2D eigenvalue weighted by Crippen LogP contribution is 2.74. The second kappa shape index (κ2) is 8.05. The van der Waals surface area contributed by atoms with Crippen molar-refractivity contribution >= 4 is 40.1 Å². The van der Waals surface area contributed by atoms with Crippen LogP contribution in [0.3, 0.4) is 0 Å². The average molecular weight is 507 g/mol. The summed E-state index contributed by atoms with van der Waals surface area (Å²) in [7, 11) is 0. The largest absolute Gasteiger partial charge is 0.298 e. The van der Waals surface area contributed by atoms with Crippen LogP contribution in [0.4, 0.5) is 11.4 Å². The number of hydrogen-bond donors (Lipinski definition) is 0. The number of nitro groups is 1. The van der Waals surface area contributed by atoms with Crippen LogP contribution in [0.25, 0.3) is 11.1 Å². The molecule has 0 unspecified atom stereocenters. The zero-order valence-electron chi connectivity index (χ0n) is 21.3. The highest BCUT2D eigenvalue weighted by molar-refractivity contribution is 6.34. The van der Waals surface area contributed by atoms with Gasteiger partial charge >= 0.3 is 0 Å². The Morgan fingerprint density at radius 3 is 1.92 bits per heavy atom. The van der Waals surface area contributed by atoms with Crippen LogP contribution in [-0.4, -0.2) is 22.5 Å². The molecule has 6 rings (SSSR count). The first kappa shape index (κ1) is 24.0. The zero-order chi connectivity index (χ0) is 27.0. The first-order chi connectivity index (χ1) is 18.2. The van der Waals surface area contributed by atoms with Crippen molar-refractivity contribution in [3.63, 3.8) is 0 Å². The normalized spacial score (nSPS) is 27.9. The van der Waals surface area contributed by atoms with Gasteiger partial charge in [0, 0.05) is 12.1 Å². The summed E-state index contributed by atoms with van der Waals surface area (Å²) >= 11 is 0. The molecule has 3 aromatic rings. The van der Waals surface area contributed by atoms with Crippen LogP contribution in [0, 0.1) is 39.7 Å². The molecule has 4 atom stereocenters. The molecule has 1 saturated carbocycles. The third kappa shape index (κ3) is 2.76. The number of carbonyl (C=O) groups is 3. The molecule has 2 bridgehead atoms. The summed E-state index contributed by atoms with van der Waals surface area (Å²) in [4.78, 5) is 54.9. The Morgan fingerprint density at radius 2 is 1.39 bits per heavy atom. The predicted octanol–water partition coefficient (Wildman–Crippen LogP) is 5.62. The van der Waals surface area contributed by atoms with Crippen LogP contribution in [0.5, 0.6) is 0 Å². The summed E-state index contributed by atoms with van der Waals surface area (Å²) in [6.07, 6.45) is 0.370. The number of Topliss-reactive ketones (excluding diaryl/α,β-unsaturated/α-hetero) is 1. The number of carbonyl (C=O) groups excluding carboxylic acids is 3. The Bertz CT molecular complexity index is 1580. The molecular weight excluding hydrogens is 480 g/mol. The second-order valence-corrected chi connectivity index (χ2v) is 10.5. The maximum absolute atomic E-state index is 14.5. The van der Waals surface area contributed by atoms with Gasteiger partial charge in [0.15, 0.2) is 5.78 Å². The van der Waals surface area contributed by atoms with E-state index in [0.717, 1.165) is 22.3 Å². The van der Waals surface area contributed by atoms with Gasteiger partial charge in [-0.3, -0.25) is 24.5 Å². The quantitative estimate of drug-likeness (QED) is 0.254. The van der Waals surface area contributed by atoms with Gasteiger partial charge < -0.3 is 0 Å². The van der Waals surface area contributed by atoms with Crippen LogP contribution in [0.15, 0.2) is 78.9 Å². The van der Waals surface area contributed by atoms with Crippen molar-refractivity contribution in [3.05, 3.63) is 106 Å². The lowest BCUT2D eigenvalue weighted by molar-refractivity contribution is -0.384. The van der Waals surface area contributed by atoms with Crippen LogP contribution < -0.4 is 4.90 Å². The maximum Gasteiger partial charge on any atom is 0.269 e. The molecule has 1 aliphatic heterocycles. The average Bonchev–Trinajstić information content (AvgIpc) is 3.39. The fourth-order valence-electron chi connectivity index (χ4n) is 7.37. The van der Waals surface area contributed by atoms with Crippen molar-refractivity contribution in [3.8, 4) is 0 Å². The molecule has 0 aromatic heterocycles. The van der Waals surface area contributed by atoms with Gasteiger partial charge in [-0.25, -0.2) is 4.90 Å². The number of nitro benzene ring substituents is 1. The van der Waals surface area contributed by atoms with Crippen molar-refractivity contribution in [2.24, 2.45) is 22.7 Å². The van der Waals surface area contributed by atoms with Gasteiger partial charge in [-0.05, 0) is 54.2 Å². The number of non-ortho nitro benzene ring substituents is 1. The summed E-state index contributed by atoms with van der Waals surface area (Å²) in [6, 6.07) is 23.4. The summed E-state index contributed by atoms with van der Waals surface area (Å²) in [6.45, 7) is 5.38. The highest BCUT2D eigenvalue weighted by atomic mass is 16.6. The fraction of sp³-hybridized carbons (Fsp3) is 0.258. The topological polar surface area (TPSA) is 97.6 Å². The number of benzene rings is 3. The third-order valence-electron chi connectivity index (χ3n) is 8.87.